The topological polar surface area (TPSA) is 138 Å². The number of benzene rings is 3. The highest BCUT2D eigenvalue weighted by atomic mass is 35.5. The molecule has 230 valence electrons. The Labute approximate surface area is 256 Å². The monoisotopic (exact) mass is 630 g/mol. The summed E-state index contributed by atoms with van der Waals surface area (Å²) in [5, 5.41) is 15.8. The summed E-state index contributed by atoms with van der Waals surface area (Å²) < 4.78 is 39.5. The fourth-order valence-electron chi connectivity index (χ4n) is 4.66. The van der Waals surface area contributed by atoms with Gasteiger partial charge in [-0.2, -0.15) is 4.31 Å². The maximum atomic E-state index is 13.7. The molecule has 4 rings (SSSR count). The van der Waals surface area contributed by atoms with Gasteiger partial charge in [-0.1, -0.05) is 24.6 Å². The van der Waals surface area contributed by atoms with Gasteiger partial charge in [0.15, 0.2) is 5.75 Å². The number of ether oxygens (including phenoxy) is 2. The molecular formula is C30H35ClN4O7S. The van der Waals surface area contributed by atoms with Crippen LogP contribution in [0, 0.1) is 5.92 Å². The van der Waals surface area contributed by atoms with E-state index in [1.165, 1.54) is 40.5 Å². The molecule has 0 aromatic heterocycles. The van der Waals surface area contributed by atoms with Crippen LogP contribution in [0.2, 0.25) is 5.02 Å². The van der Waals surface area contributed by atoms with Crippen LogP contribution in [0.5, 0.6) is 11.5 Å². The lowest BCUT2D eigenvalue weighted by molar-refractivity contribution is 0.0389. The molecular weight excluding hydrogens is 596 g/mol. The summed E-state index contributed by atoms with van der Waals surface area (Å²) in [5.74, 6) is -0.0214. The number of carbonyl (C=O) groups excluding carboxylic acids is 2. The van der Waals surface area contributed by atoms with Crippen LogP contribution in [0.4, 0.5) is 16.2 Å². The van der Waals surface area contributed by atoms with Crippen LogP contribution in [0.3, 0.4) is 0 Å². The molecule has 11 nitrogen and oxygen atoms in total. The molecule has 0 saturated carbocycles. The number of aliphatic hydroxyl groups excluding tert-OH is 1. The maximum absolute atomic E-state index is 13.7. The zero-order valence-corrected chi connectivity index (χ0v) is 25.9. The van der Waals surface area contributed by atoms with Crippen LogP contribution in [0.15, 0.2) is 71.6 Å². The first-order valence-corrected chi connectivity index (χ1v) is 15.4. The fourth-order valence-corrected chi connectivity index (χ4v) is 5.97. The lowest BCUT2D eigenvalue weighted by Crippen LogP contribution is -2.50. The average molecular weight is 631 g/mol. The second kappa shape index (κ2) is 13.6. The Balaban J connectivity index is 1.67. The summed E-state index contributed by atoms with van der Waals surface area (Å²) in [4.78, 5) is 28.3. The molecule has 3 atom stereocenters. The first-order chi connectivity index (χ1) is 20.4. The second-order valence-electron chi connectivity index (χ2n) is 10.4. The standard InChI is InChI=1S/C30H35ClN4O7S/c1-19-16-35(20(2)18-36)29(37)25-6-5-7-26(33-30(38)32-22-10-12-23(41-4)13-11-22)28(25)42-27(19)17-34(3)43(39,40)24-14-8-21(31)9-15-24/h5-15,19-20,27,36H,16-18H2,1-4H3,(H2,32,33,38)/t19-,20-,27+/m1/s1. The summed E-state index contributed by atoms with van der Waals surface area (Å²) in [6, 6.07) is 16.3. The van der Waals surface area contributed by atoms with E-state index < -0.39 is 28.2 Å². The minimum Gasteiger partial charge on any atom is -0.497 e. The van der Waals surface area contributed by atoms with Crippen LogP contribution in [0.1, 0.15) is 24.2 Å². The van der Waals surface area contributed by atoms with Gasteiger partial charge >= 0.3 is 6.03 Å². The number of nitrogens with one attached hydrogen (secondary N) is 2. The van der Waals surface area contributed by atoms with Crippen molar-refractivity contribution >= 4 is 44.9 Å². The highest BCUT2D eigenvalue weighted by molar-refractivity contribution is 7.89. The molecule has 0 aliphatic carbocycles. The second-order valence-corrected chi connectivity index (χ2v) is 12.8. The van der Waals surface area contributed by atoms with E-state index in [0.717, 1.165) is 0 Å². The number of halogens is 1. The third kappa shape index (κ3) is 7.39. The van der Waals surface area contributed by atoms with Crippen molar-refractivity contribution in [1.82, 2.24) is 9.21 Å². The third-order valence-electron chi connectivity index (χ3n) is 7.25. The van der Waals surface area contributed by atoms with Gasteiger partial charge in [-0.3, -0.25) is 4.79 Å². The van der Waals surface area contributed by atoms with Gasteiger partial charge in [0.2, 0.25) is 10.0 Å². The van der Waals surface area contributed by atoms with Gasteiger partial charge in [0.05, 0.1) is 42.4 Å². The Bertz CT molecular complexity index is 1550. The van der Waals surface area contributed by atoms with Gasteiger partial charge in [-0.15, -0.1) is 0 Å². The Morgan fingerprint density at radius 2 is 1.81 bits per heavy atom. The zero-order valence-electron chi connectivity index (χ0n) is 24.3. The van der Waals surface area contributed by atoms with E-state index in [4.69, 9.17) is 21.1 Å². The van der Waals surface area contributed by atoms with Gasteiger partial charge in [0.25, 0.3) is 5.91 Å². The number of sulfonamides is 1. The molecule has 0 unspecified atom stereocenters. The minimum atomic E-state index is -3.91. The lowest BCUT2D eigenvalue weighted by atomic mass is 9.99. The predicted octanol–water partition coefficient (Wildman–Crippen LogP) is 4.53. The molecule has 43 heavy (non-hydrogen) atoms. The largest absolute Gasteiger partial charge is 0.497 e. The summed E-state index contributed by atoms with van der Waals surface area (Å²) in [6.07, 6.45) is -0.736. The number of nitrogens with zero attached hydrogens (tertiary/aromatic N) is 2. The molecule has 1 aliphatic heterocycles. The van der Waals surface area contributed by atoms with Crippen molar-refractivity contribution in [2.75, 3.05) is 44.5 Å². The highest BCUT2D eigenvalue weighted by Gasteiger charge is 2.36. The molecule has 1 aliphatic rings. The number of carbonyl (C=O) groups is 2. The molecule has 13 heteroatoms. The Morgan fingerprint density at radius 1 is 1.14 bits per heavy atom. The fraction of sp³-hybridized carbons (Fsp3) is 0.333. The number of aliphatic hydroxyl groups is 1. The molecule has 1 heterocycles. The number of likely N-dealkylation sites (N-methyl/N-ethyl adjacent to an activating group) is 1. The smallest absolute Gasteiger partial charge is 0.323 e. The van der Waals surface area contributed by atoms with Gasteiger partial charge in [0, 0.05) is 30.2 Å². The van der Waals surface area contributed by atoms with Crippen LogP contribution in [-0.2, 0) is 10.0 Å². The molecule has 3 aromatic carbocycles. The number of hydrogen-bond donors (Lipinski definition) is 3. The molecule has 3 amide bonds. The van der Waals surface area contributed by atoms with Crippen molar-refractivity contribution in [3.8, 4) is 11.5 Å². The van der Waals surface area contributed by atoms with E-state index in [-0.39, 0.29) is 53.4 Å². The van der Waals surface area contributed by atoms with E-state index in [2.05, 4.69) is 10.6 Å². The van der Waals surface area contributed by atoms with Crippen LogP contribution >= 0.6 is 11.6 Å². The van der Waals surface area contributed by atoms with Crippen molar-refractivity contribution in [1.29, 1.82) is 0 Å². The van der Waals surface area contributed by atoms with Crippen molar-refractivity contribution < 1.29 is 32.6 Å². The van der Waals surface area contributed by atoms with Crippen LogP contribution in [-0.4, -0.2) is 80.7 Å². The normalized spacial score (nSPS) is 17.7. The minimum absolute atomic E-state index is 0.0620. The maximum Gasteiger partial charge on any atom is 0.323 e. The number of urea groups is 1. The number of anilines is 2. The SMILES string of the molecule is COc1ccc(NC(=O)Nc2cccc3c2O[C@@H](CN(C)S(=O)(=O)c2ccc(Cl)cc2)[C@H](C)CN([C@H](C)CO)C3=O)cc1. The highest BCUT2D eigenvalue weighted by Crippen LogP contribution is 2.35. The molecule has 0 saturated heterocycles. The number of para-hydroxylation sites is 1. The van der Waals surface area contributed by atoms with Crippen molar-refractivity contribution in [2.45, 2.75) is 30.9 Å². The van der Waals surface area contributed by atoms with Gasteiger partial charge in [-0.25, -0.2) is 13.2 Å². The van der Waals surface area contributed by atoms with Gasteiger partial charge in [0.1, 0.15) is 11.9 Å². The third-order valence-corrected chi connectivity index (χ3v) is 9.34. The summed E-state index contributed by atoms with van der Waals surface area (Å²) in [5.41, 5.74) is 0.899. The Kier molecular flexibility index (Phi) is 10.2. The van der Waals surface area contributed by atoms with Gasteiger partial charge in [-0.05, 0) is 67.6 Å². The van der Waals surface area contributed by atoms with Crippen molar-refractivity contribution in [2.24, 2.45) is 5.92 Å². The quantitative estimate of drug-likeness (QED) is 0.316. The number of methoxy groups -OCH3 is 1. The Hall–Kier alpha value is -3.84. The molecule has 0 fully saturated rings. The first-order valence-electron chi connectivity index (χ1n) is 13.6. The molecule has 0 radical (unpaired) electrons. The van der Waals surface area contributed by atoms with Crippen molar-refractivity contribution in [3.63, 3.8) is 0 Å². The summed E-state index contributed by atoms with van der Waals surface area (Å²) in [6.45, 7) is 3.44. The number of fused-ring (bicyclic) bond motifs is 1. The summed E-state index contributed by atoms with van der Waals surface area (Å²) >= 11 is 5.95. The van der Waals surface area contributed by atoms with Gasteiger partial charge < -0.3 is 30.1 Å². The van der Waals surface area contributed by atoms with E-state index in [1.807, 2.05) is 6.92 Å². The number of rotatable bonds is 9. The van der Waals surface area contributed by atoms with Crippen molar-refractivity contribution in [3.05, 3.63) is 77.3 Å². The van der Waals surface area contributed by atoms with E-state index in [9.17, 15) is 23.1 Å². The zero-order chi connectivity index (χ0) is 31.3. The molecule has 3 aromatic rings. The van der Waals surface area contributed by atoms with Crippen LogP contribution < -0.4 is 20.1 Å². The molecule has 0 bridgehead atoms. The summed E-state index contributed by atoms with van der Waals surface area (Å²) in [7, 11) is -0.913. The number of hydrogen-bond acceptors (Lipinski definition) is 7. The molecule has 0 spiro atoms. The van der Waals surface area contributed by atoms with E-state index in [1.54, 1.807) is 56.5 Å². The van der Waals surface area contributed by atoms with E-state index >= 15 is 0 Å². The molecule has 3 N–H and O–H groups in total. The van der Waals surface area contributed by atoms with Crippen LogP contribution in [0.25, 0.3) is 0 Å². The number of amides is 3. The van der Waals surface area contributed by atoms with E-state index in [0.29, 0.717) is 16.5 Å². The average Bonchev–Trinajstić information content (AvgIpc) is 2.99. The Morgan fingerprint density at radius 3 is 2.44 bits per heavy atom. The predicted molar refractivity (Wildman–Crippen MR) is 165 cm³/mol. The first kappa shape index (κ1) is 32.1. The lowest BCUT2D eigenvalue weighted by Gasteiger charge is -2.38.